The molecule has 0 saturated heterocycles. The zero-order valence-electron chi connectivity index (χ0n) is 26.4. The van der Waals surface area contributed by atoms with E-state index in [0.29, 0.717) is 43.4 Å². The van der Waals surface area contributed by atoms with E-state index in [-0.39, 0.29) is 24.6 Å². The second-order valence-electron chi connectivity index (χ2n) is 11.4. The molecule has 0 radical (unpaired) electrons. The highest BCUT2D eigenvalue weighted by Gasteiger charge is 2.35. The number of nitrogens with zero attached hydrogens (tertiary/aromatic N) is 2. The van der Waals surface area contributed by atoms with Crippen LogP contribution in [0.3, 0.4) is 0 Å². The van der Waals surface area contributed by atoms with Crippen LogP contribution in [-0.4, -0.2) is 17.1 Å². The van der Waals surface area contributed by atoms with E-state index in [2.05, 4.69) is 59.0 Å². The van der Waals surface area contributed by atoms with Gasteiger partial charge in [-0.15, -0.1) is 0 Å². The fourth-order valence-electron chi connectivity index (χ4n) is 5.57. The minimum absolute atomic E-state index is 0.0288. The topological polar surface area (TPSA) is 69.9 Å². The third-order valence-corrected chi connectivity index (χ3v) is 10.4. The van der Waals surface area contributed by atoms with Crippen molar-refractivity contribution in [2.45, 2.75) is 39.3 Å². The Morgan fingerprint density at radius 1 is 1.02 bits per heavy atom. The first kappa shape index (κ1) is 34.3. The van der Waals surface area contributed by atoms with Crippen LogP contribution >= 0.6 is 56.5 Å². The van der Waals surface area contributed by atoms with Crippen molar-refractivity contribution >= 4 is 74.3 Å². The number of aromatic nitrogens is 1. The Morgan fingerprint density at radius 3 is 2.42 bits per heavy atom. The third-order valence-electron chi connectivity index (χ3n) is 7.95. The molecule has 2 heterocycles. The molecule has 0 spiro atoms. The first-order chi connectivity index (χ1) is 23.2. The van der Waals surface area contributed by atoms with Crippen LogP contribution < -0.4 is 19.6 Å². The Morgan fingerprint density at radius 2 is 1.73 bits per heavy atom. The van der Waals surface area contributed by atoms with Crippen molar-refractivity contribution in [3.63, 3.8) is 0 Å². The van der Waals surface area contributed by atoms with E-state index in [1.807, 2.05) is 66.7 Å². The summed E-state index contributed by atoms with van der Waals surface area (Å²) in [5.41, 5.74) is 4.26. The standard InChI is InChI=1S/C38H31FI2N2O4S/c1-4-46-37(45)32-33(24-10-6-5-7-11-24)42-38-43(34(32)25-16-14-23(15-17-25)22(2)3)36(44)31(48-38)19-27-18-28(40)20-30(41)35(27)47-21-26-12-8-9-13-29(26)39/h5-20,22,34H,4,21H2,1-3H3/b31-19-/t34-/m0/s1. The van der Waals surface area contributed by atoms with E-state index in [1.165, 1.54) is 17.4 Å². The first-order valence-electron chi connectivity index (χ1n) is 15.4. The predicted octanol–water partition coefficient (Wildman–Crippen LogP) is 7.99. The summed E-state index contributed by atoms with van der Waals surface area (Å²) in [6.45, 7) is 6.21. The van der Waals surface area contributed by atoms with E-state index < -0.39 is 12.0 Å². The summed E-state index contributed by atoms with van der Waals surface area (Å²) >= 11 is 5.67. The van der Waals surface area contributed by atoms with Crippen LogP contribution in [0.4, 0.5) is 4.39 Å². The van der Waals surface area contributed by atoms with Crippen LogP contribution in [0, 0.1) is 13.0 Å². The van der Waals surface area contributed by atoms with E-state index >= 15 is 0 Å². The summed E-state index contributed by atoms with van der Waals surface area (Å²) in [5.74, 6) is -0.0142. The van der Waals surface area contributed by atoms with Gasteiger partial charge in [0.25, 0.3) is 5.56 Å². The van der Waals surface area contributed by atoms with Gasteiger partial charge in [0.1, 0.15) is 18.2 Å². The molecule has 0 N–H and O–H groups in total. The number of benzene rings is 4. The maximum absolute atomic E-state index is 14.5. The molecule has 0 saturated carbocycles. The van der Waals surface area contributed by atoms with Crippen LogP contribution in [0.1, 0.15) is 60.5 Å². The number of carbonyl (C=O) groups is 1. The first-order valence-corrected chi connectivity index (χ1v) is 18.4. The van der Waals surface area contributed by atoms with E-state index in [4.69, 9.17) is 14.5 Å². The van der Waals surface area contributed by atoms with Crippen LogP contribution in [0.15, 0.2) is 106 Å². The molecule has 1 aromatic heterocycles. The molecule has 1 aliphatic rings. The Kier molecular flexibility index (Phi) is 10.6. The van der Waals surface area contributed by atoms with Crippen molar-refractivity contribution in [1.29, 1.82) is 0 Å². The van der Waals surface area contributed by atoms with Gasteiger partial charge < -0.3 is 9.47 Å². The molecule has 5 aromatic rings. The number of carbonyl (C=O) groups excluding carboxylic acids is 1. The van der Waals surface area contributed by atoms with E-state index in [1.54, 1.807) is 35.8 Å². The van der Waals surface area contributed by atoms with Crippen molar-refractivity contribution in [3.05, 3.63) is 157 Å². The molecule has 0 unspecified atom stereocenters. The van der Waals surface area contributed by atoms with Crippen LogP contribution in [-0.2, 0) is 16.1 Å². The molecule has 0 bridgehead atoms. The number of thiazole rings is 1. The van der Waals surface area contributed by atoms with Gasteiger partial charge in [-0.2, -0.15) is 0 Å². The molecule has 1 aliphatic heterocycles. The summed E-state index contributed by atoms with van der Waals surface area (Å²) in [6, 6.07) is 27.1. The van der Waals surface area contributed by atoms with Crippen molar-refractivity contribution < 1.29 is 18.7 Å². The zero-order chi connectivity index (χ0) is 33.9. The monoisotopic (exact) mass is 884 g/mol. The van der Waals surface area contributed by atoms with Gasteiger partial charge in [-0.25, -0.2) is 14.2 Å². The molecule has 0 amide bonds. The van der Waals surface area contributed by atoms with Crippen molar-refractivity contribution in [1.82, 2.24) is 4.57 Å². The fourth-order valence-corrected chi connectivity index (χ4v) is 8.60. The summed E-state index contributed by atoms with van der Waals surface area (Å²) < 4.78 is 30.0. The molecule has 6 nitrogen and oxygen atoms in total. The molecule has 0 aliphatic carbocycles. The van der Waals surface area contributed by atoms with Gasteiger partial charge in [0.05, 0.1) is 32.0 Å². The largest absolute Gasteiger partial charge is 0.487 e. The number of hydrogen-bond donors (Lipinski definition) is 0. The van der Waals surface area contributed by atoms with Gasteiger partial charge >= 0.3 is 5.97 Å². The number of rotatable bonds is 9. The van der Waals surface area contributed by atoms with Gasteiger partial charge in [0.2, 0.25) is 0 Å². The number of fused-ring (bicyclic) bond motifs is 1. The summed E-state index contributed by atoms with van der Waals surface area (Å²) in [5, 5.41) is 0. The van der Waals surface area contributed by atoms with Gasteiger partial charge in [0, 0.05) is 20.3 Å². The van der Waals surface area contributed by atoms with E-state index in [0.717, 1.165) is 23.8 Å². The van der Waals surface area contributed by atoms with Crippen molar-refractivity contribution in [2.24, 2.45) is 4.99 Å². The zero-order valence-corrected chi connectivity index (χ0v) is 31.5. The normalized spacial score (nSPS) is 14.6. The van der Waals surface area contributed by atoms with Gasteiger partial charge in [-0.1, -0.05) is 98.0 Å². The Hall–Kier alpha value is -3.62. The van der Waals surface area contributed by atoms with Crippen LogP contribution in [0.25, 0.3) is 11.8 Å². The Balaban J connectivity index is 1.56. The Bertz CT molecular complexity index is 2210. The maximum Gasteiger partial charge on any atom is 0.338 e. The summed E-state index contributed by atoms with van der Waals surface area (Å²) in [4.78, 5) is 33.7. The highest BCUT2D eigenvalue weighted by atomic mass is 127. The third kappa shape index (κ3) is 7.06. The summed E-state index contributed by atoms with van der Waals surface area (Å²) in [7, 11) is 0. The van der Waals surface area contributed by atoms with Crippen LogP contribution in [0.2, 0.25) is 0 Å². The second-order valence-corrected chi connectivity index (χ2v) is 14.9. The summed E-state index contributed by atoms with van der Waals surface area (Å²) in [6.07, 6.45) is 1.79. The predicted molar refractivity (Wildman–Crippen MR) is 204 cm³/mol. The molecule has 0 fully saturated rings. The van der Waals surface area contributed by atoms with Gasteiger partial charge in [-0.3, -0.25) is 9.36 Å². The molecule has 1 atom stereocenters. The van der Waals surface area contributed by atoms with E-state index in [9.17, 15) is 14.0 Å². The molecular formula is C38H31FI2N2O4S. The average Bonchev–Trinajstić information content (AvgIpc) is 3.38. The highest BCUT2D eigenvalue weighted by molar-refractivity contribution is 14.1. The lowest BCUT2D eigenvalue weighted by Gasteiger charge is -2.26. The number of ether oxygens (including phenoxy) is 2. The molecule has 48 heavy (non-hydrogen) atoms. The number of hydrogen-bond acceptors (Lipinski definition) is 6. The molecular weight excluding hydrogens is 853 g/mol. The quantitative estimate of drug-likeness (QED) is 0.111. The minimum Gasteiger partial charge on any atom is -0.487 e. The van der Waals surface area contributed by atoms with Crippen molar-refractivity contribution in [2.75, 3.05) is 6.61 Å². The molecule has 10 heteroatoms. The Labute approximate surface area is 308 Å². The molecule has 4 aromatic carbocycles. The lowest BCUT2D eigenvalue weighted by molar-refractivity contribution is -0.138. The van der Waals surface area contributed by atoms with Gasteiger partial charge in [0.15, 0.2) is 4.80 Å². The number of halogens is 3. The minimum atomic E-state index is -0.772. The SMILES string of the molecule is CCOC(=O)C1=C(c2ccccc2)N=c2s/c(=C\c3cc(I)cc(I)c3OCc3ccccc3F)c(=O)n2[C@H]1c1ccc(C(C)C)cc1. The smallest absolute Gasteiger partial charge is 0.338 e. The van der Waals surface area contributed by atoms with Crippen LogP contribution in [0.5, 0.6) is 5.75 Å². The molecule has 244 valence electrons. The van der Waals surface area contributed by atoms with Gasteiger partial charge in [-0.05, 0) is 93.4 Å². The average molecular weight is 885 g/mol. The lowest BCUT2D eigenvalue weighted by atomic mass is 9.91. The molecule has 6 rings (SSSR count). The second kappa shape index (κ2) is 14.9. The lowest BCUT2D eigenvalue weighted by Crippen LogP contribution is -2.40. The maximum atomic E-state index is 14.5. The fraction of sp³-hybridized carbons (Fsp3) is 0.184. The number of esters is 1. The van der Waals surface area contributed by atoms with Crippen molar-refractivity contribution in [3.8, 4) is 5.75 Å². The highest BCUT2D eigenvalue weighted by Crippen LogP contribution is 2.36.